The van der Waals surface area contributed by atoms with Crippen molar-refractivity contribution < 1.29 is 65.9 Å². The third-order valence-electron chi connectivity index (χ3n) is 1.43. The van der Waals surface area contributed by atoms with Gasteiger partial charge in [-0.1, -0.05) is 0 Å². The molecule has 86 valence electrons. The van der Waals surface area contributed by atoms with Gasteiger partial charge >= 0.3 is 39.7 Å². The molecular formula is C6H2F5NaO3S. The monoisotopic (exact) mass is 272 g/mol. The van der Waals surface area contributed by atoms with E-state index in [2.05, 4.69) is 0 Å². The van der Waals surface area contributed by atoms with Crippen molar-refractivity contribution in [1.29, 1.82) is 0 Å². The zero-order valence-corrected chi connectivity index (χ0v) is 10.4. The van der Waals surface area contributed by atoms with Crippen LogP contribution in [0.15, 0.2) is 4.90 Å². The molecule has 0 radical (unpaired) electrons. The van der Waals surface area contributed by atoms with Crippen LogP contribution in [-0.2, 0) is 10.1 Å². The summed E-state index contributed by atoms with van der Waals surface area (Å²) in [4.78, 5) is -2.26. The molecule has 0 heterocycles. The second kappa shape index (κ2) is 4.96. The quantitative estimate of drug-likeness (QED) is 0.228. The first-order valence-electron chi connectivity index (χ1n) is 3.16. The van der Waals surface area contributed by atoms with Gasteiger partial charge in [-0.3, -0.25) is 4.55 Å². The average molecular weight is 272 g/mol. The normalized spacial score (nSPS) is 11.1. The van der Waals surface area contributed by atoms with Crippen LogP contribution in [0.1, 0.15) is 1.43 Å². The van der Waals surface area contributed by atoms with Crippen LogP contribution in [-0.4, -0.2) is 13.0 Å². The standard InChI is InChI=1S/C6HF5O3S.Na.H/c7-1-2(8)4(10)6(15(12,13)14)5(11)3(1)9;;/h(H,12,13,14);;/q;+1;-1. The molecule has 10 heteroatoms. The fourth-order valence-corrected chi connectivity index (χ4v) is 1.44. The zero-order valence-electron chi connectivity index (χ0n) is 8.56. The first-order valence-corrected chi connectivity index (χ1v) is 4.61. The van der Waals surface area contributed by atoms with E-state index >= 15 is 0 Å². The van der Waals surface area contributed by atoms with E-state index in [-0.39, 0.29) is 31.0 Å². The van der Waals surface area contributed by atoms with E-state index in [1.807, 2.05) is 0 Å². The van der Waals surface area contributed by atoms with Crippen molar-refractivity contribution in [2.24, 2.45) is 0 Å². The number of hydrogen-bond donors (Lipinski definition) is 1. The fraction of sp³-hybridized carbons (Fsp3) is 0. The fourth-order valence-electron chi connectivity index (χ4n) is 0.811. The number of rotatable bonds is 1. The molecule has 1 aromatic rings. The Morgan fingerprint density at radius 3 is 1.31 bits per heavy atom. The Hall–Kier alpha value is -0.220. The molecule has 0 atom stereocenters. The van der Waals surface area contributed by atoms with Crippen LogP contribution in [0.4, 0.5) is 22.0 Å². The van der Waals surface area contributed by atoms with Gasteiger partial charge in [-0.15, -0.1) is 0 Å². The Balaban J connectivity index is 0. The van der Waals surface area contributed by atoms with E-state index in [0.29, 0.717) is 0 Å². The van der Waals surface area contributed by atoms with E-state index in [1.54, 1.807) is 0 Å². The number of benzene rings is 1. The molecule has 0 aliphatic heterocycles. The molecule has 0 unspecified atom stereocenters. The van der Waals surface area contributed by atoms with Crippen molar-refractivity contribution in [3.8, 4) is 0 Å². The van der Waals surface area contributed by atoms with Crippen LogP contribution in [0.3, 0.4) is 0 Å². The molecule has 3 nitrogen and oxygen atoms in total. The molecule has 0 saturated heterocycles. The van der Waals surface area contributed by atoms with Crippen molar-refractivity contribution in [3.05, 3.63) is 29.1 Å². The van der Waals surface area contributed by atoms with Gasteiger partial charge in [0.2, 0.25) is 5.82 Å². The SMILES string of the molecule is O=S(=O)(O)c1c(F)c(F)c(F)c(F)c1F.[H-].[Na+]. The van der Waals surface area contributed by atoms with Gasteiger partial charge in [-0.25, -0.2) is 22.0 Å². The van der Waals surface area contributed by atoms with Crippen LogP contribution in [0.25, 0.3) is 0 Å². The molecule has 0 aromatic heterocycles. The van der Waals surface area contributed by atoms with Crippen LogP contribution < -0.4 is 29.6 Å². The molecule has 1 aromatic carbocycles. The number of halogens is 5. The van der Waals surface area contributed by atoms with Crippen LogP contribution >= 0.6 is 0 Å². The minimum absolute atomic E-state index is 0. The van der Waals surface area contributed by atoms with Crippen LogP contribution in [0.2, 0.25) is 0 Å². The molecule has 0 aliphatic carbocycles. The van der Waals surface area contributed by atoms with Crippen molar-refractivity contribution in [3.63, 3.8) is 0 Å². The summed E-state index contributed by atoms with van der Waals surface area (Å²) in [5.41, 5.74) is 0. The summed E-state index contributed by atoms with van der Waals surface area (Å²) in [6.45, 7) is 0. The molecule has 0 bridgehead atoms. The van der Waals surface area contributed by atoms with E-state index in [1.165, 1.54) is 0 Å². The molecule has 0 amide bonds. The van der Waals surface area contributed by atoms with Gasteiger partial charge in [0.25, 0.3) is 0 Å². The van der Waals surface area contributed by atoms with Gasteiger partial charge < -0.3 is 1.43 Å². The predicted molar refractivity (Wildman–Crippen MR) is 37.2 cm³/mol. The maximum atomic E-state index is 12.6. The summed E-state index contributed by atoms with van der Waals surface area (Å²) in [5.74, 6) is -12.6. The zero-order chi connectivity index (χ0) is 12.0. The molecule has 1 rings (SSSR count). The van der Waals surface area contributed by atoms with Crippen molar-refractivity contribution in [1.82, 2.24) is 0 Å². The van der Waals surface area contributed by atoms with Crippen molar-refractivity contribution in [2.75, 3.05) is 0 Å². The molecule has 16 heavy (non-hydrogen) atoms. The largest absolute Gasteiger partial charge is 1.00 e. The second-order valence-electron chi connectivity index (χ2n) is 2.37. The minimum atomic E-state index is -5.52. The summed E-state index contributed by atoms with van der Waals surface area (Å²) < 4.78 is 91.3. The first kappa shape index (κ1) is 15.8. The van der Waals surface area contributed by atoms with E-state index in [4.69, 9.17) is 4.55 Å². The third kappa shape index (κ3) is 2.54. The Morgan fingerprint density at radius 2 is 1.06 bits per heavy atom. The summed E-state index contributed by atoms with van der Waals surface area (Å²) in [7, 11) is -5.52. The van der Waals surface area contributed by atoms with Gasteiger partial charge in [0.15, 0.2) is 28.2 Å². The molecule has 0 aliphatic rings. The summed E-state index contributed by atoms with van der Waals surface area (Å²) >= 11 is 0. The van der Waals surface area contributed by atoms with Crippen LogP contribution in [0, 0.1) is 29.1 Å². The molecular weight excluding hydrogens is 270 g/mol. The van der Waals surface area contributed by atoms with E-state index in [9.17, 15) is 30.4 Å². The van der Waals surface area contributed by atoms with Crippen molar-refractivity contribution in [2.45, 2.75) is 4.90 Å². The van der Waals surface area contributed by atoms with Crippen molar-refractivity contribution >= 4 is 10.1 Å². The first-order chi connectivity index (χ1) is 6.68. The number of hydrogen-bond acceptors (Lipinski definition) is 2. The van der Waals surface area contributed by atoms with Gasteiger partial charge in [0.05, 0.1) is 0 Å². The third-order valence-corrected chi connectivity index (χ3v) is 2.30. The minimum Gasteiger partial charge on any atom is -1.00 e. The van der Waals surface area contributed by atoms with Gasteiger partial charge in [-0.2, -0.15) is 8.42 Å². The summed E-state index contributed by atoms with van der Waals surface area (Å²) in [6, 6.07) is 0. The molecule has 0 spiro atoms. The predicted octanol–water partition coefficient (Wildman–Crippen LogP) is -1.25. The molecule has 0 fully saturated rings. The maximum Gasteiger partial charge on any atom is 1.00 e. The van der Waals surface area contributed by atoms with E-state index < -0.39 is 44.1 Å². The second-order valence-corrected chi connectivity index (χ2v) is 3.73. The Kier molecular flexibility index (Phi) is 4.89. The Morgan fingerprint density at radius 1 is 0.812 bits per heavy atom. The van der Waals surface area contributed by atoms with Gasteiger partial charge in [-0.05, 0) is 0 Å². The molecule has 1 N–H and O–H groups in total. The van der Waals surface area contributed by atoms with Gasteiger partial charge in [0.1, 0.15) is 0 Å². The summed E-state index contributed by atoms with van der Waals surface area (Å²) in [5, 5.41) is 0. The van der Waals surface area contributed by atoms with Crippen LogP contribution in [0.5, 0.6) is 0 Å². The van der Waals surface area contributed by atoms with E-state index in [0.717, 1.165) is 0 Å². The van der Waals surface area contributed by atoms with Gasteiger partial charge in [0, 0.05) is 0 Å². The summed E-state index contributed by atoms with van der Waals surface area (Å²) in [6.07, 6.45) is 0. The maximum absolute atomic E-state index is 12.6. The smallest absolute Gasteiger partial charge is 1.00 e. The Bertz CT molecular complexity index is 506. The topological polar surface area (TPSA) is 54.4 Å². The average Bonchev–Trinajstić information content (AvgIpc) is 2.09. The molecule has 0 saturated carbocycles. The Labute approximate surface area is 110 Å².